The molecule has 0 saturated carbocycles. The zero-order valence-corrected chi connectivity index (χ0v) is 12.2. The highest BCUT2D eigenvalue weighted by Crippen LogP contribution is 2.29. The minimum atomic E-state index is -0.207. The quantitative estimate of drug-likeness (QED) is 0.850. The summed E-state index contributed by atoms with van der Waals surface area (Å²) in [5, 5.41) is 0. The fourth-order valence-electron chi connectivity index (χ4n) is 3.10. The van der Waals surface area contributed by atoms with Gasteiger partial charge in [0.15, 0.2) is 0 Å². The molecule has 0 aliphatic carbocycles. The van der Waals surface area contributed by atoms with Crippen LogP contribution in [0.1, 0.15) is 19.3 Å². The zero-order chi connectivity index (χ0) is 14.8. The molecule has 2 aliphatic heterocycles. The molecule has 0 aromatic heterocycles. The average Bonchev–Trinajstić information content (AvgIpc) is 3.16. The lowest BCUT2D eigenvalue weighted by Gasteiger charge is -2.20. The molecule has 112 valence electrons. The molecule has 21 heavy (non-hydrogen) atoms. The molecule has 5 nitrogen and oxygen atoms in total. The van der Waals surface area contributed by atoms with E-state index < -0.39 is 0 Å². The van der Waals surface area contributed by atoms with Crippen LogP contribution in [0.15, 0.2) is 24.3 Å². The summed E-state index contributed by atoms with van der Waals surface area (Å²) in [5.41, 5.74) is 0.802. The van der Waals surface area contributed by atoms with Crippen molar-refractivity contribution in [1.29, 1.82) is 0 Å². The van der Waals surface area contributed by atoms with Gasteiger partial charge in [-0.3, -0.25) is 9.59 Å². The normalized spacial score (nSPS) is 22.0. The maximum absolute atomic E-state index is 12.4. The molecule has 1 aromatic carbocycles. The van der Waals surface area contributed by atoms with Gasteiger partial charge in [0, 0.05) is 37.8 Å². The van der Waals surface area contributed by atoms with Crippen LogP contribution in [-0.4, -0.2) is 43.5 Å². The summed E-state index contributed by atoms with van der Waals surface area (Å²) in [5.74, 6) is 0.656. The molecule has 0 unspecified atom stereocenters. The smallest absolute Gasteiger partial charge is 0.228 e. The molecule has 1 aromatic rings. The summed E-state index contributed by atoms with van der Waals surface area (Å²) in [7, 11) is 1.60. The number of methoxy groups -OCH3 is 1. The Kier molecular flexibility index (Phi) is 3.82. The van der Waals surface area contributed by atoms with Crippen molar-refractivity contribution >= 4 is 17.5 Å². The highest BCUT2D eigenvalue weighted by atomic mass is 16.5. The Balaban J connectivity index is 1.73. The molecule has 0 bridgehead atoms. The first-order valence-electron chi connectivity index (χ1n) is 7.42. The van der Waals surface area contributed by atoms with Gasteiger partial charge in [0.05, 0.1) is 13.0 Å². The van der Waals surface area contributed by atoms with Crippen molar-refractivity contribution in [3.8, 4) is 5.75 Å². The van der Waals surface area contributed by atoms with E-state index in [1.165, 1.54) is 0 Å². The number of hydrogen-bond donors (Lipinski definition) is 0. The standard InChI is InChI=1S/C16H20N2O3/c1-21-14-6-4-5-13(10-14)18-11-12(9-15(18)19)16(20)17-7-2-3-8-17/h4-6,10,12H,2-3,7-9,11H2,1H3/t12-/m0/s1. The van der Waals surface area contributed by atoms with Gasteiger partial charge >= 0.3 is 0 Å². The van der Waals surface area contributed by atoms with Crippen LogP contribution >= 0.6 is 0 Å². The summed E-state index contributed by atoms with van der Waals surface area (Å²) >= 11 is 0. The van der Waals surface area contributed by atoms with Gasteiger partial charge in [-0.05, 0) is 25.0 Å². The third-order valence-electron chi connectivity index (χ3n) is 4.26. The van der Waals surface area contributed by atoms with Crippen molar-refractivity contribution in [1.82, 2.24) is 4.90 Å². The molecular weight excluding hydrogens is 268 g/mol. The van der Waals surface area contributed by atoms with E-state index >= 15 is 0 Å². The molecule has 1 atom stereocenters. The van der Waals surface area contributed by atoms with Gasteiger partial charge in [0.2, 0.25) is 11.8 Å². The molecular formula is C16H20N2O3. The number of ether oxygens (including phenoxy) is 1. The first-order chi connectivity index (χ1) is 10.2. The molecule has 2 aliphatic rings. The molecule has 2 saturated heterocycles. The van der Waals surface area contributed by atoms with Gasteiger partial charge < -0.3 is 14.5 Å². The molecule has 2 heterocycles. The summed E-state index contributed by atoms with van der Waals surface area (Å²) in [6.45, 7) is 2.15. The zero-order valence-electron chi connectivity index (χ0n) is 12.2. The van der Waals surface area contributed by atoms with E-state index in [1.807, 2.05) is 29.2 Å². The Morgan fingerprint density at radius 1 is 1.29 bits per heavy atom. The van der Waals surface area contributed by atoms with Gasteiger partial charge in [0.1, 0.15) is 5.75 Å². The van der Waals surface area contributed by atoms with Crippen molar-refractivity contribution in [2.45, 2.75) is 19.3 Å². The first kappa shape index (κ1) is 13.9. The van der Waals surface area contributed by atoms with Crippen LogP contribution in [-0.2, 0) is 9.59 Å². The molecule has 0 radical (unpaired) electrons. The van der Waals surface area contributed by atoms with Crippen molar-refractivity contribution in [3.05, 3.63) is 24.3 Å². The van der Waals surface area contributed by atoms with E-state index in [4.69, 9.17) is 4.74 Å². The predicted molar refractivity (Wildman–Crippen MR) is 79.3 cm³/mol. The fraction of sp³-hybridized carbons (Fsp3) is 0.500. The van der Waals surface area contributed by atoms with Crippen molar-refractivity contribution < 1.29 is 14.3 Å². The number of benzene rings is 1. The lowest BCUT2D eigenvalue weighted by Crippen LogP contribution is -2.35. The predicted octanol–water partition coefficient (Wildman–Crippen LogP) is 1.67. The van der Waals surface area contributed by atoms with Gasteiger partial charge in [0.25, 0.3) is 0 Å². The molecule has 0 spiro atoms. The van der Waals surface area contributed by atoms with E-state index in [0.717, 1.165) is 37.4 Å². The maximum atomic E-state index is 12.4. The number of anilines is 1. The number of carbonyl (C=O) groups is 2. The lowest BCUT2D eigenvalue weighted by atomic mass is 10.1. The molecule has 3 rings (SSSR count). The number of carbonyl (C=O) groups excluding carboxylic acids is 2. The summed E-state index contributed by atoms with van der Waals surface area (Å²) in [6.07, 6.45) is 2.46. The topological polar surface area (TPSA) is 49.9 Å². The van der Waals surface area contributed by atoms with E-state index in [9.17, 15) is 9.59 Å². The van der Waals surface area contributed by atoms with Gasteiger partial charge in [-0.2, -0.15) is 0 Å². The van der Waals surface area contributed by atoms with Gasteiger partial charge in [-0.15, -0.1) is 0 Å². The van der Waals surface area contributed by atoms with Gasteiger partial charge in [-0.1, -0.05) is 6.07 Å². The largest absolute Gasteiger partial charge is 0.497 e. The number of rotatable bonds is 3. The molecule has 0 N–H and O–H groups in total. The summed E-state index contributed by atoms with van der Waals surface area (Å²) in [6, 6.07) is 7.41. The van der Waals surface area contributed by atoms with E-state index in [2.05, 4.69) is 0 Å². The Morgan fingerprint density at radius 3 is 2.76 bits per heavy atom. The number of amides is 2. The Morgan fingerprint density at radius 2 is 2.05 bits per heavy atom. The summed E-state index contributed by atoms with van der Waals surface area (Å²) < 4.78 is 5.19. The maximum Gasteiger partial charge on any atom is 0.228 e. The van der Waals surface area contributed by atoms with Crippen LogP contribution in [0.4, 0.5) is 5.69 Å². The van der Waals surface area contributed by atoms with E-state index in [1.54, 1.807) is 12.0 Å². The molecule has 5 heteroatoms. The highest BCUT2D eigenvalue weighted by molar-refractivity contribution is 6.00. The SMILES string of the molecule is COc1cccc(N2C[C@@H](C(=O)N3CCCC3)CC2=O)c1. The van der Waals surface area contributed by atoms with Gasteiger partial charge in [-0.25, -0.2) is 0 Å². The Hall–Kier alpha value is -2.04. The third kappa shape index (κ3) is 2.73. The van der Waals surface area contributed by atoms with Crippen molar-refractivity contribution in [3.63, 3.8) is 0 Å². The van der Waals surface area contributed by atoms with Crippen LogP contribution < -0.4 is 9.64 Å². The van der Waals surface area contributed by atoms with Crippen LogP contribution in [0, 0.1) is 5.92 Å². The van der Waals surface area contributed by atoms with E-state index in [0.29, 0.717) is 13.0 Å². The monoisotopic (exact) mass is 288 g/mol. The second-order valence-electron chi connectivity index (χ2n) is 5.64. The van der Waals surface area contributed by atoms with Crippen molar-refractivity contribution in [2.24, 2.45) is 5.92 Å². The number of hydrogen-bond acceptors (Lipinski definition) is 3. The molecule has 2 amide bonds. The third-order valence-corrected chi connectivity index (χ3v) is 4.26. The minimum absolute atomic E-state index is 0.0146. The van der Waals surface area contributed by atoms with Crippen molar-refractivity contribution in [2.75, 3.05) is 31.6 Å². The average molecular weight is 288 g/mol. The number of likely N-dealkylation sites (tertiary alicyclic amines) is 1. The summed E-state index contributed by atoms with van der Waals surface area (Å²) in [4.78, 5) is 28.2. The van der Waals surface area contributed by atoms with E-state index in [-0.39, 0.29) is 17.7 Å². The first-order valence-corrected chi connectivity index (χ1v) is 7.42. The lowest BCUT2D eigenvalue weighted by molar-refractivity contribution is -0.134. The number of nitrogens with zero attached hydrogens (tertiary/aromatic N) is 2. The van der Waals surface area contributed by atoms with Crippen LogP contribution in [0.25, 0.3) is 0 Å². The molecule has 2 fully saturated rings. The Labute approximate surface area is 124 Å². The van der Waals surface area contributed by atoms with Crippen LogP contribution in [0.2, 0.25) is 0 Å². The fourth-order valence-corrected chi connectivity index (χ4v) is 3.10. The highest BCUT2D eigenvalue weighted by Gasteiger charge is 2.37. The second kappa shape index (κ2) is 5.76. The minimum Gasteiger partial charge on any atom is -0.497 e. The second-order valence-corrected chi connectivity index (χ2v) is 5.64. The Bertz CT molecular complexity index is 552. The van der Waals surface area contributed by atoms with Crippen LogP contribution in [0.3, 0.4) is 0 Å². The van der Waals surface area contributed by atoms with Crippen LogP contribution in [0.5, 0.6) is 5.75 Å².